The van der Waals surface area contributed by atoms with E-state index in [1.807, 2.05) is 6.92 Å². The number of nitrogens with one attached hydrogen (secondary N) is 1. The van der Waals surface area contributed by atoms with E-state index in [9.17, 15) is 15.0 Å². The monoisotopic (exact) mass is 173 g/mol. The number of rotatable bonds is 2. The van der Waals surface area contributed by atoms with Crippen molar-refractivity contribution in [2.45, 2.75) is 31.6 Å². The van der Waals surface area contributed by atoms with E-state index in [0.29, 0.717) is 6.42 Å². The zero-order valence-corrected chi connectivity index (χ0v) is 7.32. The Kier molecular flexibility index (Phi) is 2.82. The second-order valence-electron chi connectivity index (χ2n) is 3.18. The third-order valence-corrected chi connectivity index (χ3v) is 2.59. The van der Waals surface area contributed by atoms with Gasteiger partial charge in [0.05, 0.1) is 0 Å². The van der Waals surface area contributed by atoms with E-state index in [4.69, 9.17) is 0 Å². The molecule has 0 aromatic carbocycles. The van der Waals surface area contributed by atoms with Gasteiger partial charge in [0.25, 0.3) is 0 Å². The van der Waals surface area contributed by atoms with E-state index in [1.54, 1.807) is 7.05 Å². The maximum Gasteiger partial charge on any atom is 0.191 e. The zero-order valence-electron chi connectivity index (χ0n) is 7.32. The van der Waals surface area contributed by atoms with E-state index in [2.05, 4.69) is 5.32 Å². The summed E-state index contributed by atoms with van der Waals surface area (Å²) in [5.41, 5.74) is 0. The summed E-state index contributed by atoms with van der Waals surface area (Å²) >= 11 is 0. The fraction of sp³-hybridized carbons (Fsp3) is 0.875. The topological polar surface area (TPSA) is 69.6 Å². The third kappa shape index (κ3) is 1.26. The van der Waals surface area contributed by atoms with Gasteiger partial charge in [-0.1, -0.05) is 6.92 Å². The Bertz CT molecular complexity index is 165. The molecule has 70 valence electrons. The molecule has 0 saturated heterocycles. The Morgan fingerprint density at radius 1 is 1.42 bits per heavy atom. The van der Waals surface area contributed by atoms with Crippen LogP contribution in [0, 0.1) is 5.92 Å². The van der Waals surface area contributed by atoms with Crippen molar-refractivity contribution in [1.29, 1.82) is 0 Å². The number of aliphatic hydroxyl groups excluding tert-OH is 2. The number of likely N-dealkylation sites (N-methyl/N-ethyl adjacent to an activating group) is 1. The number of aliphatic hydroxyl groups is 2. The molecule has 1 fully saturated rings. The Morgan fingerprint density at radius 3 is 2.33 bits per heavy atom. The molecule has 0 radical (unpaired) electrons. The van der Waals surface area contributed by atoms with Crippen LogP contribution in [0.25, 0.3) is 0 Å². The predicted octanol–water partition coefficient (Wildman–Crippen LogP) is -1.09. The van der Waals surface area contributed by atoms with Gasteiger partial charge in [-0.2, -0.15) is 0 Å². The lowest BCUT2D eigenvalue weighted by Crippen LogP contribution is -2.39. The maximum absolute atomic E-state index is 11.1. The van der Waals surface area contributed by atoms with Gasteiger partial charge < -0.3 is 15.5 Å². The molecule has 4 heteroatoms. The molecule has 0 bridgehead atoms. The predicted molar refractivity (Wildman–Crippen MR) is 43.6 cm³/mol. The van der Waals surface area contributed by atoms with Gasteiger partial charge in [0.2, 0.25) is 0 Å². The van der Waals surface area contributed by atoms with E-state index >= 15 is 0 Å². The number of hydrogen-bond acceptors (Lipinski definition) is 4. The van der Waals surface area contributed by atoms with Gasteiger partial charge in [-0.15, -0.1) is 0 Å². The molecule has 0 spiro atoms. The highest BCUT2D eigenvalue weighted by Gasteiger charge is 2.46. The minimum Gasteiger partial charge on any atom is -0.385 e. The van der Waals surface area contributed by atoms with Gasteiger partial charge in [-0.25, -0.2) is 0 Å². The summed E-state index contributed by atoms with van der Waals surface area (Å²) in [6, 6.07) is -0.294. The third-order valence-electron chi connectivity index (χ3n) is 2.59. The second-order valence-corrected chi connectivity index (χ2v) is 3.18. The quantitative estimate of drug-likeness (QED) is 0.496. The minimum absolute atomic E-state index is 0.155. The molecule has 0 heterocycles. The molecule has 1 saturated carbocycles. The van der Waals surface area contributed by atoms with Crippen LogP contribution in [0.5, 0.6) is 0 Å². The molecular formula is C8H15NO3. The minimum atomic E-state index is -1.05. The van der Waals surface area contributed by atoms with Crippen molar-refractivity contribution in [3.05, 3.63) is 0 Å². The second kappa shape index (κ2) is 3.51. The van der Waals surface area contributed by atoms with Gasteiger partial charge >= 0.3 is 0 Å². The highest BCUT2D eigenvalue weighted by atomic mass is 16.3. The average molecular weight is 173 g/mol. The van der Waals surface area contributed by atoms with Crippen molar-refractivity contribution in [2.24, 2.45) is 5.92 Å². The van der Waals surface area contributed by atoms with Crippen LogP contribution in [0.2, 0.25) is 0 Å². The Hall–Kier alpha value is -0.450. The number of hydrogen-bond donors (Lipinski definition) is 3. The van der Waals surface area contributed by atoms with E-state index in [0.717, 1.165) is 0 Å². The Labute approximate surface area is 71.6 Å². The summed E-state index contributed by atoms with van der Waals surface area (Å²) in [6.07, 6.45) is -1.35. The molecule has 4 atom stereocenters. The van der Waals surface area contributed by atoms with E-state index < -0.39 is 18.0 Å². The van der Waals surface area contributed by atoms with Crippen molar-refractivity contribution in [3.8, 4) is 0 Å². The normalized spacial score (nSPS) is 42.2. The van der Waals surface area contributed by atoms with Gasteiger partial charge in [-0.05, 0) is 13.5 Å². The molecule has 4 unspecified atom stereocenters. The lowest BCUT2D eigenvalue weighted by Gasteiger charge is -2.19. The summed E-state index contributed by atoms with van der Waals surface area (Å²) < 4.78 is 0. The summed E-state index contributed by atoms with van der Waals surface area (Å²) in [4.78, 5) is 11.1. The number of carbonyl (C=O) groups is 1. The molecule has 0 aliphatic heterocycles. The first-order chi connectivity index (χ1) is 5.63. The van der Waals surface area contributed by atoms with Crippen molar-refractivity contribution in [1.82, 2.24) is 5.32 Å². The van der Waals surface area contributed by atoms with Crippen LogP contribution in [0.15, 0.2) is 0 Å². The molecule has 3 N–H and O–H groups in total. The lowest BCUT2D eigenvalue weighted by atomic mass is 9.98. The zero-order chi connectivity index (χ0) is 9.30. The molecule has 1 rings (SSSR count). The number of carbonyl (C=O) groups excluding carboxylic acids is 1. The highest BCUT2D eigenvalue weighted by molar-refractivity contribution is 5.90. The van der Waals surface area contributed by atoms with Gasteiger partial charge in [0.15, 0.2) is 5.78 Å². The summed E-state index contributed by atoms with van der Waals surface area (Å²) in [5, 5.41) is 21.6. The fourth-order valence-corrected chi connectivity index (χ4v) is 1.84. The first-order valence-electron chi connectivity index (χ1n) is 4.20. The number of Topliss-reactive ketones (excluding diaryl/α,β-unsaturated/α-hetero) is 1. The molecule has 4 nitrogen and oxygen atoms in total. The Morgan fingerprint density at radius 2 is 2.00 bits per heavy atom. The molecule has 0 aromatic heterocycles. The van der Waals surface area contributed by atoms with Crippen LogP contribution in [-0.4, -0.2) is 41.3 Å². The SMILES string of the molecule is CCC1C(O)C(=O)C(O)C1NC. The molecular weight excluding hydrogens is 158 g/mol. The standard InChI is InChI=1S/C8H15NO3/c1-3-4-5(9-2)7(11)8(12)6(4)10/h4-7,9-11H,3H2,1-2H3. The molecule has 0 aromatic rings. The van der Waals surface area contributed by atoms with Gasteiger partial charge in [0.1, 0.15) is 12.2 Å². The van der Waals surface area contributed by atoms with E-state index in [-0.39, 0.29) is 12.0 Å². The Balaban J connectivity index is 2.79. The molecule has 0 amide bonds. The summed E-state index contributed by atoms with van der Waals surface area (Å²) in [7, 11) is 1.68. The van der Waals surface area contributed by atoms with E-state index in [1.165, 1.54) is 0 Å². The van der Waals surface area contributed by atoms with Crippen molar-refractivity contribution >= 4 is 5.78 Å². The van der Waals surface area contributed by atoms with Gasteiger partial charge in [0, 0.05) is 12.0 Å². The van der Waals surface area contributed by atoms with Crippen molar-refractivity contribution in [3.63, 3.8) is 0 Å². The lowest BCUT2D eigenvalue weighted by molar-refractivity contribution is -0.131. The fourth-order valence-electron chi connectivity index (χ4n) is 1.84. The average Bonchev–Trinajstić information content (AvgIpc) is 2.29. The van der Waals surface area contributed by atoms with Crippen LogP contribution < -0.4 is 5.32 Å². The van der Waals surface area contributed by atoms with Crippen LogP contribution in [0.3, 0.4) is 0 Å². The number of ketones is 1. The molecule has 12 heavy (non-hydrogen) atoms. The van der Waals surface area contributed by atoms with Crippen LogP contribution >= 0.6 is 0 Å². The largest absolute Gasteiger partial charge is 0.385 e. The maximum atomic E-state index is 11.1. The highest BCUT2D eigenvalue weighted by Crippen LogP contribution is 2.26. The summed E-state index contributed by atoms with van der Waals surface area (Å²) in [5.74, 6) is -0.612. The van der Waals surface area contributed by atoms with Crippen LogP contribution in [0.4, 0.5) is 0 Å². The first-order valence-corrected chi connectivity index (χ1v) is 4.20. The smallest absolute Gasteiger partial charge is 0.191 e. The van der Waals surface area contributed by atoms with Crippen LogP contribution in [0.1, 0.15) is 13.3 Å². The summed E-state index contributed by atoms with van der Waals surface area (Å²) in [6.45, 7) is 1.89. The van der Waals surface area contributed by atoms with Gasteiger partial charge in [-0.3, -0.25) is 4.79 Å². The van der Waals surface area contributed by atoms with Crippen LogP contribution in [-0.2, 0) is 4.79 Å². The van der Waals surface area contributed by atoms with Crippen molar-refractivity contribution < 1.29 is 15.0 Å². The molecule has 1 aliphatic carbocycles. The first kappa shape index (κ1) is 9.64. The van der Waals surface area contributed by atoms with Crippen molar-refractivity contribution in [2.75, 3.05) is 7.05 Å². The molecule has 1 aliphatic rings.